The van der Waals surface area contributed by atoms with E-state index in [1.807, 2.05) is 6.92 Å². The highest BCUT2D eigenvalue weighted by atomic mass is 16.4. The molecule has 2 rings (SSSR count). The maximum atomic E-state index is 11.8. The summed E-state index contributed by atoms with van der Waals surface area (Å²) in [5, 5.41) is 21.3. The lowest BCUT2D eigenvalue weighted by atomic mass is 10.4. The van der Waals surface area contributed by atoms with Crippen molar-refractivity contribution >= 4 is 17.6 Å². The number of hydrogen-bond acceptors (Lipinski definition) is 5. The lowest BCUT2D eigenvalue weighted by Gasteiger charge is -1.97. The van der Waals surface area contributed by atoms with Crippen LogP contribution < -0.4 is 5.32 Å². The number of H-pyrrole nitrogens is 1. The summed E-state index contributed by atoms with van der Waals surface area (Å²) in [5.41, 5.74) is 0.383. The largest absolute Gasteiger partial charge is 0.480 e. The van der Waals surface area contributed by atoms with E-state index in [-0.39, 0.29) is 12.4 Å². The molecule has 0 unspecified atom stereocenters. The first kappa shape index (κ1) is 12.7. The normalized spacial score (nSPS) is 10.4. The van der Waals surface area contributed by atoms with Crippen molar-refractivity contribution in [2.24, 2.45) is 0 Å². The van der Waals surface area contributed by atoms with Crippen molar-refractivity contribution in [3.8, 4) is 0 Å². The summed E-state index contributed by atoms with van der Waals surface area (Å²) >= 11 is 0. The van der Waals surface area contributed by atoms with Gasteiger partial charge in [0.05, 0.1) is 11.9 Å². The lowest BCUT2D eigenvalue weighted by molar-refractivity contribution is -0.137. The Morgan fingerprint density at radius 3 is 2.95 bits per heavy atom. The topological polar surface area (TPSA) is 126 Å². The van der Waals surface area contributed by atoms with Gasteiger partial charge in [-0.15, -0.1) is 5.10 Å². The van der Waals surface area contributed by atoms with Crippen LogP contribution in [0.15, 0.2) is 12.4 Å². The van der Waals surface area contributed by atoms with E-state index in [1.54, 1.807) is 0 Å². The maximum absolute atomic E-state index is 11.8. The Morgan fingerprint density at radius 2 is 2.32 bits per heavy atom. The van der Waals surface area contributed by atoms with Gasteiger partial charge in [0, 0.05) is 12.6 Å². The number of nitrogens with one attached hydrogen (secondary N) is 2. The van der Waals surface area contributed by atoms with Crippen molar-refractivity contribution in [3.63, 3.8) is 0 Å². The van der Waals surface area contributed by atoms with E-state index in [0.29, 0.717) is 17.9 Å². The SMILES string of the molecule is CCc1nc(C(=O)Nc2cnn(CC(=O)O)c2)n[nH]1. The minimum Gasteiger partial charge on any atom is -0.480 e. The van der Waals surface area contributed by atoms with Gasteiger partial charge in [0.2, 0.25) is 5.82 Å². The molecule has 9 nitrogen and oxygen atoms in total. The summed E-state index contributed by atoms with van der Waals surface area (Å²) in [4.78, 5) is 26.2. The molecule has 19 heavy (non-hydrogen) atoms. The second-order valence-electron chi connectivity index (χ2n) is 3.73. The molecule has 3 N–H and O–H groups in total. The fourth-order valence-electron chi connectivity index (χ4n) is 1.40. The Morgan fingerprint density at radius 1 is 1.53 bits per heavy atom. The molecule has 0 radical (unpaired) electrons. The predicted molar refractivity (Wildman–Crippen MR) is 63.6 cm³/mol. The molecule has 2 aromatic heterocycles. The molecule has 0 saturated carbocycles. The first-order chi connectivity index (χ1) is 9.08. The highest BCUT2D eigenvalue weighted by Gasteiger charge is 2.13. The smallest absolute Gasteiger partial charge is 0.325 e. The molecule has 0 atom stereocenters. The first-order valence-electron chi connectivity index (χ1n) is 5.55. The van der Waals surface area contributed by atoms with Gasteiger partial charge in [0.15, 0.2) is 0 Å². The van der Waals surface area contributed by atoms with Gasteiger partial charge in [-0.25, -0.2) is 4.98 Å². The highest BCUT2D eigenvalue weighted by Crippen LogP contribution is 2.06. The number of carboxylic acid groups (broad SMARTS) is 1. The number of amides is 1. The van der Waals surface area contributed by atoms with E-state index >= 15 is 0 Å². The van der Waals surface area contributed by atoms with Crippen LogP contribution in [-0.2, 0) is 17.8 Å². The van der Waals surface area contributed by atoms with E-state index in [9.17, 15) is 9.59 Å². The van der Waals surface area contributed by atoms with Gasteiger partial charge in [-0.2, -0.15) is 5.10 Å². The minimum atomic E-state index is -1.01. The van der Waals surface area contributed by atoms with Crippen LogP contribution in [-0.4, -0.2) is 41.9 Å². The average Bonchev–Trinajstić information content (AvgIpc) is 2.97. The summed E-state index contributed by atoms with van der Waals surface area (Å²) in [6.45, 7) is 1.62. The van der Waals surface area contributed by atoms with Crippen molar-refractivity contribution < 1.29 is 14.7 Å². The number of aryl methyl sites for hydroxylation is 1. The monoisotopic (exact) mass is 264 g/mol. The van der Waals surface area contributed by atoms with Crippen LogP contribution in [0.2, 0.25) is 0 Å². The number of carbonyl (C=O) groups is 2. The molecule has 0 spiro atoms. The van der Waals surface area contributed by atoms with E-state index in [2.05, 4.69) is 25.6 Å². The van der Waals surface area contributed by atoms with Crippen molar-refractivity contribution in [3.05, 3.63) is 24.0 Å². The zero-order valence-corrected chi connectivity index (χ0v) is 10.1. The van der Waals surface area contributed by atoms with Crippen LogP contribution in [0.4, 0.5) is 5.69 Å². The molecule has 0 aliphatic heterocycles. The standard InChI is InChI=1S/C10H12N6O3/c1-2-7-13-9(15-14-7)10(19)12-6-3-11-16(4-6)5-8(17)18/h3-4H,2,5H2,1H3,(H,12,19)(H,17,18)(H,13,14,15). The number of anilines is 1. The van der Waals surface area contributed by atoms with E-state index < -0.39 is 11.9 Å². The molecular weight excluding hydrogens is 252 g/mol. The Hall–Kier alpha value is -2.71. The molecule has 1 amide bonds. The van der Waals surface area contributed by atoms with Gasteiger partial charge >= 0.3 is 5.97 Å². The number of carbonyl (C=O) groups excluding carboxylic acids is 1. The van der Waals surface area contributed by atoms with Crippen molar-refractivity contribution in [2.75, 3.05) is 5.32 Å². The third-order valence-corrected chi connectivity index (χ3v) is 2.26. The summed E-state index contributed by atoms with van der Waals surface area (Å²) in [6, 6.07) is 0. The van der Waals surface area contributed by atoms with E-state index in [1.165, 1.54) is 17.1 Å². The van der Waals surface area contributed by atoms with E-state index in [4.69, 9.17) is 5.11 Å². The number of nitrogens with zero attached hydrogens (tertiary/aromatic N) is 4. The molecule has 0 aliphatic carbocycles. The molecule has 100 valence electrons. The number of carboxylic acids is 1. The fourth-order valence-corrected chi connectivity index (χ4v) is 1.40. The van der Waals surface area contributed by atoms with Crippen molar-refractivity contribution in [1.82, 2.24) is 25.0 Å². The maximum Gasteiger partial charge on any atom is 0.325 e. The van der Waals surface area contributed by atoms with Crippen LogP contribution >= 0.6 is 0 Å². The predicted octanol–water partition coefficient (Wildman–Crippen LogP) is -0.0995. The summed E-state index contributed by atoms with van der Waals surface area (Å²) in [7, 11) is 0. The third kappa shape index (κ3) is 3.15. The minimum absolute atomic E-state index is 0.0304. The van der Waals surface area contributed by atoms with Crippen LogP contribution in [0, 0.1) is 0 Å². The Kier molecular flexibility index (Phi) is 3.55. The number of aliphatic carboxylic acids is 1. The Labute approximate surface area is 107 Å². The molecule has 0 bridgehead atoms. The number of aromatic amines is 1. The fraction of sp³-hybridized carbons (Fsp3) is 0.300. The van der Waals surface area contributed by atoms with Gasteiger partial charge in [-0.3, -0.25) is 19.4 Å². The van der Waals surface area contributed by atoms with Crippen LogP contribution in [0.5, 0.6) is 0 Å². The van der Waals surface area contributed by atoms with Gasteiger partial charge < -0.3 is 10.4 Å². The summed E-state index contributed by atoms with van der Waals surface area (Å²) in [6.07, 6.45) is 3.42. The quantitative estimate of drug-likeness (QED) is 0.692. The molecule has 2 aromatic rings. The summed E-state index contributed by atoms with van der Waals surface area (Å²) < 4.78 is 1.20. The molecule has 0 aromatic carbocycles. The number of rotatable bonds is 5. The van der Waals surface area contributed by atoms with Crippen LogP contribution in [0.25, 0.3) is 0 Å². The lowest BCUT2D eigenvalue weighted by Crippen LogP contribution is -2.13. The van der Waals surface area contributed by atoms with Crippen LogP contribution in [0.1, 0.15) is 23.4 Å². The second-order valence-corrected chi connectivity index (χ2v) is 3.73. The Bertz CT molecular complexity index is 602. The van der Waals surface area contributed by atoms with Gasteiger partial charge in [-0.1, -0.05) is 6.92 Å². The molecule has 0 saturated heterocycles. The van der Waals surface area contributed by atoms with Gasteiger partial charge in [-0.05, 0) is 0 Å². The zero-order valence-electron chi connectivity index (χ0n) is 10.1. The number of aromatic nitrogens is 5. The molecule has 0 fully saturated rings. The molecule has 2 heterocycles. The van der Waals surface area contributed by atoms with Gasteiger partial charge in [0.1, 0.15) is 12.4 Å². The second kappa shape index (κ2) is 5.29. The third-order valence-electron chi connectivity index (χ3n) is 2.26. The molecular formula is C10H12N6O3. The van der Waals surface area contributed by atoms with Gasteiger partial charge in [0.25, 0.3) is 5.91 Å². The highest BCUT2D eigenvalue weighted by molar-refractivity contribution is 6.01. The Balaban J connectivity index is 2.02. The average molecular weight is 264 g/mol. The van der Waals surface area contributed by atoms with Crippen molar-refractivity contribution in [2.45, 2.75) is 19.9 Å². The van der Waals surface area contributed by atoms with Crippen molar-refractivity contribution in [1.29, 1.82) is 0 Å². The van der Waals surface area contributed by atoms with E-state index in [0.717, 1.165) is 0 Å². The first-order valence-corrected chi connectivity index (χ1v) is 5.55. The summed E-state index contributed by atoms with van der Waals surface area (Å²) in [5.74, 6) is -0.845. The van der Waals surface area contributed by atoms with Crippen LogP contribution in [0.3, 0.4) is 0 Å². The zero-order chi connectivity index (χ0) is 13.8. The molecule has 9 heteroatoms. The molecule has 0 aliphatic rings. The number of hydrogen-bond donors (Lipinski definition) is 3.